The quantitative estimate of drug-likeness (QED) is 0.483. The molecule has 0 aliphatic carbocycles. The lowest BCUT2D eigenvalue weighted by Gasteiger charge is -2.07. The molecule has 4 aromatic heterocycles. The second kappa shape index (κ2) is 7.40. The fraction of sp³-hybridized carbons (Fsp3) is 0.0909. The number of hydrogen-bond acceptors (Lipinski definition) is 5. The molecule has 148 valence electrons. The van der Waals surface area contributed by atoms with E-state index in [0.29, 0.717) is 18.2 Å². The maximum absolute atomic E-state index is 13.5. The number of hydrogen-bond donors (Lipinski definition) is 1. The van der Waals surface area contributed by atoms with Crippen LogP contribution in [0.5, 0.6) is 0 Å². The predicted molar refractivity (Wildman–Crippen MR) is 112 cm³/mol. The minimum Gasteiger partial charge on any atom is -0.364 e. The number of benzene rings is 1. The Balaban J connectivity index is 1.55. The summed E-state index contributed by atoms with van der Waals surface area (Å²) in [5, 5.41) is 12.2. The predicted octanol–water partition coefficient (Wildman–Crippen LogP) is 4.04. The van der Waals surface area contributed by atoms with E-state index in [9.17, 15) is 4.39 Å². The van der Waals surface area contributed by atoms with Crippen molar-refractivity contribution in [3.63, 3.8) is 0 Å². The maximum atomic E-state index is 13.5. The molecule has 0 unspecified atom stereocenters. The molecular weight excluding hydrogens is 381 g/mol. The molecule has 1 aromatic carbocycles. The maximum Gasteiger partial charge on any atom is 0.155 e. The number of aryl methyl sites for hydroxylation is 1. The van der Waals surface area contributed by atoms with Crippen molar-refractivity contribution in [3.05, 3.63) is 90.3 Å². The highest BCUT2D eigenvalue weighted by Crippen LogP contribution is 2.26. The van der Waals surface area contributed by atoms with Crippen molar-refractivity contribution in [1.29, 1.82) is 0 Å². The lowest BCUT2D eigenvalue weighted by atomic mass is 10.2. The number of fused-ring (bicyclic) bond motifs is 1. The molecule has 0 saturated carbocycles. The molecule has 30 heavy (non-hydrogen) atoms. The Morgan fingerprint density at radius 3 is 2.80 bits per heavy atom. The first kappa shape index (κ1) is 18.0. The number of pyridine rings is 2. The molecule has 0 atom stereocenters. The van der Waals surface area contributed by atoms with Gasteiger partial charge in [0, 0.05) is 30.1 Å². The molecule has 1 N–H and O–H groups in total. The molecule has 0 radical (unpaired) electrons. The number of rotatable bonds is 5. The van der Waals surface area contributed by atoms with E-state index in [0.717, 1.165) is 28.2 Å². The van der Waals surface area contributed by atoms with Crippen LogP contribution in [0.2, 0.25) is 0 Å². The van der Waals surface area contributed by atoms with Crippen LogP contribution in [0.1, 0.15) is 11.3 Å². The van der Waals surface area contributed by atoms with Crippen LogP contribution in [0.3, 0.4) is 0 Å². The van der Waals surface area contributed by atoms with Gasteiger partial charge in [-0.3, -0.25) is 0 Å². The lowest BCUT2D eigenvalue weighted by Crippen LogP contribution is -2.05. The first-order valence-corrected chi connectivity index (χ1v) is 9.48. The molecule has 5 rings (SSSR count). The molecule has 0 aliphatic heterocycles. The minimum atomic E-state index is -0.259. The molecule has 0 saturated heterocycles. The van der Waals surface area contributed by atoms with Gasteiger partial charge >= 0.3 is 0 Å². The summed E-state index contributed by atoms with van der Waals surface area (Å²) in [4.78, 5) is 8.81. The van der Waals surface area contributed by atoms with Gasteiger partial charge in [-0.25, -0.2) is 23.6 Å². The number of nitrogens with one attached hydrogen (secondary N) is 1. The zero-order valence-electron chi connectivity index (χ0n) is 16.2. The number of anilines is 1. The highest BCUT2D eigenvalue weighted by Gasteiger charge is 2.14. The number of aromatic nitrogens is 6. The summed E-state index contributed by atoms with van der Waals surface area (Å²) in [7, 11) is 0. The van der Waals surface area contributed by atoms with Crippen LogP contribution in [0.25, 0.3) is 22.7 Å². The average Bonchev–Trinajstić information content (AvgIpc) is 3.39. The highest BCUT2D eigenvalue weighted by atomic mass is 19.1. The largest absolute Gasteiger partial charge is 0.364 e. The fourth-order valence-electron chi connectivity index (χ4n) is 3.30. The van der Waals surface area contributed by atoms with Gasteiger partial charge in [0.05, 0.1) is 5.69 Å². The van der Waals surface area contributed by atoms with Gasteiger partial charge in [-0.15, -0.1) is 5.10 Å². The Morgan fingerprint density at radius 2 is 1.93 bits per heavy atom. The third-order valence-corrected chi connectivity index (χ3v) is 4.73. The monoisotopic (exact) mass is 399 g/mol. The Kier molecular flexibility index (Phi) is 4.44. The van der Waals surface area contributed by atoms with E-state index in [-0.39, 0.29) is 5.82 Å². The summed E-state index contributed by atoms with van der Waals surface area (Å²) >= 11 is 0. The second-order valence-corrected chi connectivity index (χ2v) is 6.93. The summed E-state index contributed by atoms with van der Waals surface area (Å²) in [5.74, 6) is 1.12. The summed E-state index contributed by atoms with van der Waals surface area (Å²) < 4.78 is 17.0. The molecule has 8 heteroatoms. The van der Waals surface area contributed by atoms with E-state index in [1.54, 1.807) is 15.3 Å². The summed E-state index contributed by atoms with van der Waals surface area (Å²) in [6.07, 6.45) is 3.42. The first-order valence-electron chi connectivity index (χ1n) is 9.48. The molecule has 0 fully saturated rings. The van der Waals surface area contributed by atoms with Crippen LogP contribution < -0.4 is 5.32 Å². The SMILES string of the molecule is Cc1cccc(-n2nc(NCc3cccc(F)c3)cc2-c2ccc3ncnn3c2)n1. The van der Waals surface area contributed by atoms with E-state index in [1.165, 1.54) is 18.5 Å². The number of halogens is 1. The van der Waals surface area contributed by atoms with Crippen molar-refractivity contribution in [3.8, 4) is 17.1 Å². The van der Waals surface area contributed by atoms with Crippen LogP contribution in [-0.4, -0.2) is 29.4 Å². The van der Waals surface area contributed by atoms with E-state index < -0.39 is 0 Å². The molecule has 0 bridgehead atoms. The third-order valence-electron chi connectivity index (χ3n) is 4.73. The van der Waals surface area contributed by atoms with Crippen LogP contribution in [0.15, 0.2) is 73.2 Å². The molecule has 0 amide bonds. The zero-order chi connectivity index (χ0) is 20.5. The van der Waals surface area contributed by atoms with Gasteiger partial charge in [0.15, 0.2) is 11.5 Å². The van der Waals surface area contributed by atoms with Crippen LogP contribution in [0.4, 0.5) is 10.2 Å². The Labute approximate surface area is 171 Å². The van der Waals surface area contributed by atoms with Crippen molar-refractivity contribution >= 4 is 11.5 Å². The molecule has 0 spiro atoms. The van der Waals surface area contributed by atoms with Crippen LogP contribution >= 0.6 is 0 Å². The van der Waals surface area contributed by atoms with E-state index >= 15 is 0 Å². The Morgan fingerprint density at radius 1 is 1.03 bits per heavy atom. The van der Waals surface area contributed by atoms with E-state index in [2.05, 4.69) is 20.4 Å². The first-order chi connectivity index (χ1) is 14.7. The molecule has 7 nitrogen and oxygen atoms in total. The van der Waals surface area contributed by atoms with Gasteiger partial charge in [-0.05, 0) is 48.9 Å². The average molecular weight is 399 g/mol. The van der Waals surface area contributed by atoms with Crippen molar-refractivity contribution in [1.82, 2.24) is 29.4 Å². The molecule has 4 heterocycles. The van der Waals surface area contributed by atoms with Gasteiger partial charge in [0.25, 0.3) is 0 Å². The third kappa shape index (κ3) is 3.50. The van der Waals surface area contributed by atoms with Gasteiger partial charge in [0.2, 0.25) is 0 Å². The van der Waals surface area contributed by atoms with Gasteiger partial charge < -0.3 is 5.32 Å². The lowest BCUT2D eigenvalue weighted by molar-refractivity contribution is 0.626. The molecule has 0 aliphatic rings. The van der Waals surface area contributed by atoms with Crippen LogP contribution in [-0.2, 0) is 6.54 Å². The zero-order valence-corrected chi connectivity index (χ0v) is 16.2. The van der Waals surface area contributed by atoms with Crippen molar-refractivity contribution in [2.45, 2.75) is 13.5 Å². The molecular formula is C22H18FN7. The fourth-order valence-corrected chi connectivity index (χ4v) is 3.30. The molecule has 5 aromatic rings. The summed E-state index contributed by atoms with van der Waals surface area (Å²) in [6.45, 7) is 2.40. The number of nitrogens with zero attached hydrogens (tertiary/aromatic N) is 6. The standard InChI is InChI=1S/C22H18FN7/c1-15-4-2-7-22(27-15)30-19(17-8-9-21-25-14-26-29(21)13-17)11-20(28-30)24-12-16-5-3-6-18(23)10-16/h2-11,13-14H,12H2,1H3,(H,24,28). The van der Waals surface area contributed by atoms with E-state index in [4.69, 9.17) is 5.10 Å². The van der Waals surface area contributed by atoms with Gasteiger partial charge in [0.1, 0.15) is 18.0 Å². The van der Waals surface area contributed by atoms with Crippen molar-refractivity contribution in [2.24, 2.45) is 0 Å². The minimum absolute atomic E-state index is 0.259. The van der Waals surface area contributed by atoms with E-state index in [1.807, 2.05) is 55.6 Å². The van der Waals surface area contributed by atoms with Crippen molar-refractivity contribution < 1.29 is 4.39 Å². The van der Waals surface area contributed by atoms with Gasteiger partial charge in [-0.2, -0.15) is 5.10 Å². The highest BCUT2D eigenvalue weighted by molar-refractivity contribution is 5.66. The summed E-state index contributed by atoms with van der Waals surface area (Å²) in [5.41, 5.74) is 4.27. The Hall–Kier alpha value is -4.07. The second-order valence-electron chi connectivity index (χ2n) is 6.93. The van der Waals surface area contributed by atoms with Gasteiger partial charge in [-0.1, -0.05) is 18.2 Å². The topological polar surface area (TPSA) is 72.9 Å². The normalized spacial score (nSPS) is 11.1. The Bertz CT molecular complexity index is 1340. The summed E-state index contributed by atoms with van der Waals surface area (Å²) in [6, 6.07) is 18.1. The van der Waals surface area contributed by atoms with Crippen LogP contribution in [0, 0.1) is 12.7 Å². The smallest absolute Gasteiger partial charge is 0.155 e. The van der Waals surface area contributed by atoms with Crippen molar-refractivity contribution in [2.75, 3.05) is 5.32 Å².